The lowest BCUT2D eigenvalue weighted by atomic mass is 10.0. The second kappa shape index (κ2) is 7.37. The average molecular weight is 332 g/mol. The van der Waals surface area contributed by atoms with E-state index in [9.17, 15) is 9.59 Å². The van der Waals surface area contributed by atoms with Crippen molar-refractivity contribution in [2.45, 2.75) is 32.7 Å². The van der Waals surface area contributed by atoms with Crippen LogP contribution in [-0.2, 0) is 9.53 Å². The van der Waals surface area contributed by atoms with Gasteiger partial charge in [0.2, 0.25) is 0 Å². The van der Waals surface area contributed by atoms with Crippen molar-refractivity contribution in [3.63, 3.8) is 0 Å². The van der Waals surface area contributed by atoms with E-state index in [1.54, 1.807) is 5.38 Å². The molecule has 23 heavy (non-hydrogen) atoms. The van der Waals surface area contributed by atoms with Crippen molar-refractivity contribution in [3.05, 3.63) is 41.4 Å². The summed E-state index contributed by atoms with van der Waals surface area (Å²) >= 11 is 1.37. The molecule has 2 rings (SSSR count). The summed E-state index contributed by atoms with van der Waals surface area (Å²) in [5, 5.41) is 5.19. The van der Waals surface area contributed by atoms with Crippen LogP contribution in [0.3, 0.4) is 0 Å². The summed E-state index contributed by atoms with van der Waals surface area (Å²) in [7, 11) is 0. The van der Waals surface area contributed by atoms with Crippen molar-refractivity contribution in [1.29, 1.82) is 0 Å². The van der Waals surface area contributed by atoms with Gasteiger partial charge < -0.3 is 10.1 Å². The Morgan fingerprint density at radius 3 is 2.61 bits per heavy atom. The highest BCUT2D eigenvalue weighted by atomic mass is 32.1. The van der Waals surface area contributed by atoms with Crippen molar-refractivity contribution < 1.29 is 14.3 Å². The molecule has 0 unspecified atom stereocenters. The molecule has 0 atom stereocenters. The molecule has 1 aromatic heterocycles. The van der Waals surface area contributed by atoms with Crippen LogP contribution in [0.15, 0.2) is 35.7 Å². The first-order valence-electron chi connectivity index (χ1n) is 7.40. The van der Waals surface area contributed by atoms with Gasteiger partial charge in [-0.05, 0) is 20.3 Å². The van der Waals surface area contributed by atoms with E-state index in [0.29, 0.717) is 0 Å². The Bertz CT molecular complexity index is 680. The van der Waals surface area contributed by atoms with E-state index >= 15 is 0 Å². The lowest BCUT2D eigenvalue weighted by Gasteiger charge is -2.24. The molecular formula is C17H20N2O3S. The zero-order valence-electron chi connectivity index (χ0n) is 13.5. The SMILES string of the molecule is CCC(C)(C)NC(=O)COC(=O)c1csc(-c2ccccc2)n1. The monoisotopic (exact) mass is 332 g/mol. The Morgan fingerprint density at radius 1 is 1.26 bits per heavy atom. The number of amides is 1. The minimum atomic E-state index is -0.590. The molecule has 1 N–H and O–H groups in total. The van der Waals surface area contributed by atoms with Crippen LogP contribution in [0, 0.1) is 0 Å². The standard InChI is InChI=1S/C17H20N2O3S/c1-4-17(2,3)19-14(20)10-22-16(21)13-11-23-15(18-13)12-8-6-5-7-9-12/h5-9,11H,4,10H2,1-3H3,(H,19,20). The fourth-order valence-electron chi connectivity index (χ4n) is 1.79. The van der Waals surface area contributed by atoms with Gasteiger partial charge in [0, 0.05) is 16.5 Å². The van der Waals surface area contributed by atoms with E-state index in [1.165, 1.54) is 11.3 Å². The Balaban J connectivity index is 1.92. The summed E-state index contributed by atoms with van der Waals surface area (Å²) < 4.78 is 5.02. The zero-order valence-corrected chi connectivity index (χ0v) is 14.3. The highest BCUT2D eigenvalue weighted by Crippen LogP contribution is 2.23. The third-order valence-corrected chi connectivity index (χ3v) is 4.32. The normalized spacial score (nSPS) is 11.1. The highest BCUT2D eigenvalue weighted by molar-refractivity contribution is 7.13. The second-order valence-corrected chi connectivity index (χ2v) is 6.62. The van der Waals surface area contributed by atoms with E-state index in [1.807, 2.05) is 51.1 Å². The topological polar surface area (TPSA) is 68.3 Å². The number of ether oxygens (including phenoxy) is 1. The van der Waals surface area contributed by atoms with Gasteiger partial charge >= 0.3 is 5.97 Å². The number of thiazole rings is 1. The molecule has 0 radical (unpaired) electrons. The Kier molecular flexibility index (Phi) is 5.50. The van der Waals surface area contributed by atoms with E-state index in [-0.39, 0.29) is 23.7 Å². The quantitative estimate of drug-likeness (QED) is 0.824. The van der Waals surface area contributed by atoms with Gasteiger partial charge in [-0.1, -0.05) is 37.3 Å². The molecule has 5 nitrogen and oxygen atoms in total. The van der Waals surface area contributed by atoms with Crippen LogP contribution in [0.4, 0.5) is 0 Å². The first-order valence-corrected chi connectivity index (χ1v) is 8.28. The number of nitrogens with zero attached hydrogens (tertiary/aromatic N) is 1. The van der Waals surface area contributed by atoms with E-state index < -0.39 is 5.97 Å². The lowest BCUT2D eigenvalue weighted by molar-refractivity contribution is -0.125. The predicted molar refractivity (Wildman–Crippen MR) is 90.3 cm³/mol. The predicted octanol–water partition coefficient (Wildman–Crippen LogP) is 3.27. The van der Waals surface area contributed by atoms with Gasteiger partial charge in [0.05, 0.1) is 0 Å². The van der Waals surface area contributed by atoms with Crippen molar-refractivity contribution in [2.24, 2.45) is 0 Å². The smallest absolute Gasteiger partial charge is 0.358 e. The average Bonchev–Trinajstić information content (AvgIpc) is 3.03. The summed E-state index contributed by atoms with van der Waals surface area (Å²) in [6, 6.07) is 9.59. The largest absolute Gasteiger partial charge is 0.451 e. The maximum absolute atomic E-state index is 12.0. The molecule has 6 heteroatoms. The summed E-state index contributed by atoms with van der Waals surface area (Å²) in [4.78, 5) is 28.0. The molecule has 0 saturated carbocycles. The van der Waals surface area contributed by atoms with Crippen molar-refractivity contribution >= 4 is 23.2 Å². The van der Waals surface area contributed by atoms with Crippen molar-refractivity contribution in [2.75, 3.05) is 6.61 Å². The zero-order chi connectivity index (χ0) is 16.9. The Morgan fingerprint density at radius 2 is 1.96 bits per heavy atom. The number of nitrogens with one attached hydrogen (secondary N) is 1. The van der Waals surface area contributed by atoms with E-state index in [4.69, 9.17) is 4.74 Å². The molecule has 2 aromatic rings. The highest BCUT2D eigenvalue weighted by Gasteiger charge is 2.20. The lowest BCUT2D eigenvalue weighted by Crippen LogP contribution is -2.44. The molecular weight excluding hydrogens is 312 g/mol. The molecule has 0 aliphatic heterocycles. The molecule has 1 amide bonds. The van der Waals surface area contributed by atoms with Crippen molar-refractivity contribution in [3.8, 4) is 10.6 Å². The Hall–Kier alpha value is -2.21. The maximum Gasteiger partial charge on any atom is 0.358 e. The van der Waals surface area contributed by atoms with Crippen LogP contribution in [0.1, 0.15) is 37.7 Å². The van der Waals surface area contributed by atoms with Gasteiger partial charge in [-0.15, -0.1) is 11.3 Å². The number of hydrogen-bond donors (Lipinski definition) is 1. The number of esters is 1. The molecule has 1 aromatic carbocycles. The van der Waals surface area contributed by atoms with Gasteiger partial charge in [-0.2, -0.15) is 0 Å². The molecule has 0 aliphatic rings. The van der Waals surface area contributed by atoms with Gasteiger partial charge in [0.15, 0.2) is 12.3 Å². The number of aromatic nitrogens is 1. The minimum Gasteiger partial charge on any atom is -0.451 e. The van der Waals surface area contributed by atoms with Crippen LogP contribution in [-0.4, -0.2) is 29.0 Å². The number of rotatable bonds is 6. The molecule has 0 spiro atoms. The molecule has 122 valence electrons. The molecule has 1 heterocycles. The number of hydrogen-bond acceptors (Lipinski definition) is 5. The summed E-state index contributed by atoms with van der Waals surface area (Å²) in [5.74, 6) is -0.906. The Labute approximate surface area is 139 Å². The van der Waals surface area contributed by atoms with Crippen LogP contribution < -0.4 is 5.32 Å². The van der Waals surface area contributed by atoms with E-state index in [2.05, 4.69) is 10.3 Å². The van der Waals surface area contributed by atoms with Gasteiger partial charge in [-0.3, -0.25) is 4.79 Å². The summed E-state index contributed by atoms with van der Waals surface area (Å²) in [6.07, 6.45) is 0.791. The first kappa shape index (κ1) is 17.1. The number of carbonyl (C=O) groups is 2. The fraction of sp³-hybridized carbons (Fsp3) is 0.353. The van der Waals surface area contributed by atoms with E-state index in [0.717, 1.165) is 17.0 Å². The van der Waals surface area contributed by atoms with Gasteiger partial charge in [0.1, 0.15) is 5.01 Å². The van der Waals surface area contributed by atoms with Gasteiger partial charge in [-0.25, -0.2) is 9.78 Å². The molecule has 0 aliphatic carbocycles. The third-order valence-electron chi connectivity index (χ3n) is 3.43. The van der Waals surface area contributed by atoms with Gasteiger partial charge in [0.25, 0.3) is 5.91 Å². The minimum absolute atomic E-state index is 0.219. The van der Waals surface area contributed by atoms with Crippen molar-refractivity contribution in [1.82, 2.24) is 10.3 Å². The van der Waals surface area contributed by atoms with Crippen LogP contribution in [0.2, 0.25) is 0 Å². The van der Waals surface area contributed by atoms with Crippen LogP contribution in [0.5, 0.6) is 0 Å². The number of benzene rings is 1. The van der Waals surface area contributed by atoms with Crippen LogP contribution in [0.25, 0.3) is 10.6 Å². The molecule has 0 bridgehead atoms. The number of carbonyl (C=O) groups excluding carboxylic acids is 2. The second-order valence-electron chi connectivity index (χ2n) is 5.77. The first-order chi connectivity index (χ1) is 10.9. The summed E-state index contributed by atoms with van der Waals surface area (Å²) in [5.41, 5.74) is 0.848. The fourth-order valence-corrected chi connectivity index (χ4v) is 2.58. The third kappa shape index (κ3) is 4.89. The molecule has 0 saturated heterocycles. The maximum atomic E-state index is 12.0. The summed E-state index contributed by atoms with van der Waals surface area (Å²) in [6.45, 7) is 5.51. The van der Waals surface area contributed by atoms with Crippen LogP contribution >= 0.6 is 11.3 Å². The molecule has 0 fully saturated rings.